The number of rotatable bonds is 6. The number of nitrogens with zero attached hydrogens (tertiary/aromatic N) is 1. The van der Waals surface area contributed by atoms with Crippen LogP contribution in [0.3, 0.4) is 0 Å². The van der Waals surface area contributed by atoms with E-state index in [-0.39, 0.29) is 11.9 Å². The van der Waals surface area contributed by atoms with Gasteiger partial charge in [0.15, 0.2) is 0 Å². The molecule has 0 fully saturated rings. The largest absolute Gasteiger partial charge is 0.355 e. The van der Waals surface area contributed by atoms with Crippen molar-refractivity contribution in [3.05, 3.63) is 16.1 Å². The number of carbonyl (C=O) groups is 1. The molecule has 0 radical (unpaired) electrons. The standard InChI is InChI=1S/C11H19N3OS/c1-4-5-12-11(15)9(3)13-6-10-8(2)14-7-16-10/h7,9,13H,4-6H2,1-3H3,(H,12,15). The van der Waals surface area contributed by atoms with Gasteiger partial charge in [-0.3, -0.25) is 4.79 Å². The van der Waals surface area contributed by atoms with Crippen molar-refractivity contribution in [1.29, 1.82) is 0 Å². The van der Waals surface area contributed by atoms with Crippen LogP contribution in [0.25, 0.3) is 0 Å². The predicted molar refractivity (Wildman–Crippen MR) is 66.5 cm³/mol. The van der Waals surface area contributed by atoms with Gasteiger partial charge in [0.25, 0.3) is 0 Å². The van der Waals surface area contributed by atoms with Gasteiger partial charge in [0.05, 0.1) is 17.2 Å². The average molecular weight is 241 g/mol. The summed E-state index contributed by atoms with van der Waals surface area (Å²) < 4.78 is 0. The maximum atomic E-state index is 11.6. The van der Waals surface area contributed by atoms with Crippen molar-refractivity contribution in [2.75, 3.05) is 6.54 Å². The lowest BCUT2D eigenvalue weighted by molar-refractivity contribution is -0.122. The van der Waals surface area contributed by atoms with E-state index in [1.165, 1.54) is 4.88 Å². The molecule has 1 unspecified atom stereocenters. The molecule has 0 saturated heterocycles. The highest BCUT2D eigenvalue weighted by atomic mass is 32.1. The van der Waals surface area contributed by atoms with Gasteiger partial charge in [-0.1, -0.05) is 6.92 Å². The summed E-state index contributed by atoms with van der Waals surface area (Å²) in [6, 6.07) is -0.159. The number of hydrogen-bond donors (Lipinski definition) is 2. The Kier molecular flexibility index (Phi) is 5.42. The summed E-state index contributed by atoms with van der Waals surface area (Å²) in [7, 11) is 0. The van der Waals surface area contributed by atoms with Crippen LogP contribution in [0.5, 0.6) is 0 Å². The van der Waals surface area contributed by atoms with Crippen LogP contribution < -0.4 is 10.6 Å². The quantitative estimate of drug-likeness (QED) is 0.792. The molecule has 1 atom stereocenters. The Morgan fingerprint density at radius 1 is 1.62 bits per heavy atom. The minimum Gasteiger partial charge on any atom is -0.355 e. The first kappa shape index (κ1) is 13.1. The molecule has 2 N–H and O–H groups in total. The molecule has 1 aromatic rings. The number of carbonyl (C=O) groups excluding carboxylic acids is 1. The molecule has 16 heavy (non-hydrogen) atoms. The van der Waals surface area contributed by atoms with Crippen LogP contribution in [-0.4, -0.2) is 23.5 Å². The molecular weight excluding hydrogens is 222 g/mol. The third kappa shape index (κ3) is 3.90. The van der Waals surface area contributed by atoms with Crippen LogP contribution in [0, 0.1) is 6.92 Å². The molecule has 1 aromatic heterocycles. The molecule has 1 amide bonds. The molecule has 5 heteroatoms. The third-order valence-corrected chi connectivity index (χ3v) is 3.29. The van der Waals surface area contributed by atoms with Crippen molar-refractivity contribution >= 4 is 17.2 Å². The number of thiazole rings is 1. The zero-order chi connectivity index (χ0) is 12.0. The molecule has 4 nitrogen and oxygen atoms in total. The fourth-order valence-corrected chi connectivity index (χ4v) is 1.96. The fourth-order valence-electron chi connectivity index (χ4n) is 1.24. The summed E-state index contributed by atoms with van der Waals surface area (Å²) in [6.07, 6.45) is 0.965. The zero-order valence-corrected chi connectivity index (χ0v) is 10.9. The van der Waals surface area contributed by atoms with E-state index in [0.29, 0.717) is 6.54 Å². The van der Waals surface area contributed by atoms with Crippen LogP contribution in [0.2, 0.25) is 0 Å². The summed E-state index contributed by atoms with van der Waals surface area (Å²) in [4.78, 5) is 16.9. The van der Waals surface area contributed by atoms with E-state index in [0.717, 1.165) is 18.7 Å². The van der Waals surface area contributed by atoms with Crippen molar-refractivity contribution in [3.63, 3.8) is 0 Å². The molecule has 0 aliphatic carbocycles. The molecule has 0 aromatic carbocycles. The number of amides is 1. The summed E-state index contributed by atoms with van der Waals surface area (Å²) in [5, 5.41) is 6.06. The Hall–Kier alpha value is -0.940. The second-order valence-corrected chi connectivity index (χ2v) is 4.69. The second-order valence-electron chi connectivity index (χ2n) is 3.75. The Bertz CT molecular complexity index is 338. The predicted octanol–water partition coefficient (Wildman–Crippen LogP) is 1.46. The van der Waals surface area contributed by atoms with Crippen LogP contribution in [0.4, 0.5) is 0 Å². The van der Waals surface area contributed by atoms with Crippen molar-refractivity contribution in [3.8, 4) is 0 Å². The molecule has 0 aliphatic rings. The first-order valence-corrected chi connectivity index (χ1v) is 6.43. The topological polar surface area (TPSA) is 54.0 Å². The SMILES string of the molecule is CCCNC(=O)C(C)NCc1scnc1C. The van der Waals surface area contributed by atoms with Crippen molar-refractivity contribution in [2.45, 2.75) is 39.8 Å². The fraction of sp³-hybridized carbons (Fsp3) is 0.636. The molecule has 0 spiro atoms. The number of aryl methyl sites for hydroxylation is 1. The van der Waals surface area contributed by atoms with Gasteiger partial charge in [0, 0.05) is 18.0 Å². The van der Waals surface area contributed by atoms with Crippen LogP contribution in [0.1, 0.15) is 30.8 Å². The minimum atomic E-state index is -0.159. The van der Waals surface area contributed by atoms with Gasteiger partial charge in [0.2, 0.25) is 5.91 Å². The van der Waals surface area contributed by atoms with E-state index in [2.05, 4.69) is 15.6 Å². The molecular formula is C11H19N3OS. The second kappa shape index (κ2) is 6.60. The Morgan fingerprint density at radius 3 is 2.94 bits per heavy atom. The minimum absolute atomic E-state index is 0.0593. The Balaban J connectivity index is 2.32. The maximum absolute atomic E-state index is 11.6. The van der Waals surface area contributed by atoms with Crippen LogP contribution >= 0.6 is 11.3 Å². The van der Waals surface area contributed by atoms with Crippen LogP contribution in [0.15, 0.2) is 5.51 Å². The van der Waals surface area contributed by atoms with Gasteiger partial charge in [-0.15, -0.1) is 11.3 Å². The summed E-state index contributed by atoms with van der Waals surface area (Å²) in [6.45, 7) is 7.34. The first-order chi connectivity index (χ1) is 7.65. The molecule has 1 heterocycles. The number of nitrogens with one attached hydrogen (secondary N) is 2. The summed E-state index contributed by atoms with van der Waals surface area (Å²) in [5.74, 6) is 0.0593. The summed E-state index contributed by atoms with van der Waals surface area (Å²) in [5.41, 5.74) is 2.87. The summed E-state index contributed by atoms with van der Waals surface area (Å²) >= 11 is 1.62. The molecule has 0 saturated carbocycles. The van der Waals surface area contributed by atoms with Gasteiger partial charge >= 0.3 is 0 Å². The van der Waals surface area contributed by atoms with Gasteiger partial charge in [-0.2, -0.15) is 0 Å². The highest BCUT2D eigenvalue weighted by Gasteiger charge is 2.11. The van der Waals surface area contributed by atoms with E-state index in [9.17, 15) is 4.79 Å². The normalized spacial score (nSPS) is 12.4. The van der Waals surface area contributed by atoms with Crippen molar-refractivity contribution < 1.29 is 4.79 Å². The molecule has 0 aliphatic heterocycles. The van der Waals surface area contributed by atoms with E-state index in [4.69, 9.17) is 0 Å². The van der Waals surface area contributed by atoms with Gasteiger partial charge in [0.1, 0.15) is 0 Å². The van der Waals surface area contributed by atoms with E-state index in [1.807, 2.05) is 26.3 Å². The third-order valence-electron chi connectivity index (χ3n) is 2.36. The van der Waals surface area contributed by atoms with E-state index >= 15 is 0 Å². The number of aromatic nitrogens is 1. The average Bonchev–Trinajstić information content (AvgIpc) is 2.68. The van der Waals surface area contributed by atoms with Gasteiger partial charge in [-0.05, 0) is 20.3 Å². The highest BCUT2D eigenvalue weighted by Crippen LogP contribution is 2.11. The van der Waals surface area contributed by atoms with E-state index < -0.39 is 0 Å². The molecule has 0 bridgehead atoms. The Labute approximate surface area is 100 Å². The van der Waals surface area contributed by atoms with Gasteiger partial charge < -0.3 is 10.6 Å². The maximum Gasteiger partial charge on any atom is 0.236 e. The molecule has 1 rings (SSSR count). The van der Waals surface area contributed by atoms with Crippen LogP contribution in [-0.2, 0) is 11.3 Å². The first-order valence-electron chi connectivity index (χ1n) is 5.55. The zero-order valence-electron chi connectivity index (χ0n) is 10.0. The molecule has 90 valence electrons. The lowest BCUT2D eigenvalue weighted by atomic mass is 10.3. The highest BCUT2D eigenvalue weighted by molar-refractivity contribution is 7.09. The number of hydrogen-bond acceptors (Lipinski definition) is 4. The van der Waals surface area contributed by atoms with Crippen molar-refractivity contribution in [1.82, 2.24) is 15.6 Å². The lowest BCUT2D eigenvalue weighted by Crippen LogP contribution is -2.42. The van der Waals surface area contributed by atoms with Crippen molar-refractivity contribution in [2.24, 2.45) is 0 Å². The van der Waals surface area contributed by atoms with Gasteiger partial charge in [-0.25, -0.2) is 4.98 Å². The van der Waals surface area contributed by atoms with E-state index in [1.54, 1.807) is 11.3 Å². The monoisotopic (exact) mass is 241 g/mol. The Morgan fingerprint density at radius 2 is 2.38 bits per heavy atom. The lowest BCUT2D eigenvalue weighted by Gasteiger charge is -2.13. The smallest absolute Gasteiger partial charge is 0.236 e.